The third kappa shape index (κ3) is 5.13. The van der Waals surface area contributed by atoms with E-state index in [0.29, 0.717) is 32.0 Å². The normalized spacial score (nSPS) is 15.4. The highest BCUT2D eigenvalue weighted by atomic mass is 16.5. The van der Waals surface area contributed by atoms with Gasteiger partial charge in [0.1, 0.15) is 18.4 Å². The highest BCUT2D eigenvalue weighted by molar-refractivity contribution is 5.81. The predicted molar refractivity (Wildman–Crippen MR) is 126 cm³/mol. The molecule has 2 aromatic heterocycles. The number of carbonyl (C=O) groups excluding carboxylic acids is 1. The lowest BCUT2D eigenvalue weighted by Gasteiger charge is -2.36. The van der Waals surface area contributed by atoms with Crippen LogP contribution in [0.3, 0.4) is 0 Å². The average molecular weight is 450 g/mol. The number of ether oxygens (including phenoxy) is 1. The van der Waals surface area contributed by atoms with E-state index < -0.39 is 6.10 Å². The van der Waals surface area contributed by atoms with E-state index >= 15 is 0 Å². The van der Waals surface area contributed by atoms with E-state index in [4.69, 9.17) is 4.74 Å². The second-order valence-electron chi connectivity index (χ2n) is 9.41. The maximum absolute atomic E-state index is 13.1. The molecule has 0 aliphatic carbocycles. The van der Waals surface area contributed by atoms with Crippen molar-refractivity contribution in [1.82, 2.24) is 29.9 Å². The quantitative estimate of drug-likeness (QED) is 0.592. The van der Waals surface area contributed by atoms with Crippen molar-refractivity contribution < 1.29 is 9.53 Å². The molecule has 33 heavy (non-hydrogen) atoms. The Balaban J connectivity index is 1.36. The lowest BCUT2D eigenvalue weighted by Crippen LogP contribution is -2.52. The Morgan fingerprint density at radius 1 is 1.03 bits per heavy atom. The minimum Gasteiger partial charge on any atom is -0.481 e. The zero-order valence-corrected chi connectivity index (χ0v) is 19.9. The summed E-state index contributed by atoms with van der Waals surface area (Å²) in [6, 6.07) is 9.91. The molecule has 1 atom stereocenters. The van der Waals surface area contributed by atoms with Gasteiger partial charge in [0.2, 0.25) is 0 Å². The molecule has 174 valence electrons. The Hall–Kier alpha value is -3.49. The van der Waals surface area contributed by atoms with Gasteiger partial charge in [-0.3, -0.25) is 4.79 Å². The van der Waals surface area contributed by atoms with Gasteiger partial charge in [-0.25, -0.2) is 9.67 Å². The molecule has 0 bridgehead atoms. The van der Waals surface area contributed by atoms with Gasteiger partial charge >= 0.3 is 0 Å². The summed E-state index contributed by atoms with van der Waals surface area (Å²) in [7, 11) is 0. The van der Waals surface area contributed by atoms with Crippen molar-refractivity contribution in [1.29, 1.82) is 0 Å². The molecule has 0 N–H and O–H groups in total. The van der Waals surface area contributed by atoms with E-state index in [2.05, 4.69) is 58.9 Å². The van der Waals surface area contributed by atoms with Crippen LogP contribution in [0.5, 0.6) is 5.75 Å². The molecular weight excluding hydrogens is 418 g/mol. The van der Waals surface area contributed by atoms with Gasteiger partial charge in [-0.2, -0.15) is 5.10 Å². The van der Waals surface area contributed by atoms with Gasteiger partial charge in [-0.05, 0) is 43.0 Å². The molecule has 1 aliphatic rings. The number of benzene rings is 1. The van der Waals surface area contributed by atoms with Crippen LogP contribution in [0, 0.1) is 6.92 Å². The number of aryl methyl sites for hydroxylation is 1. The van der Waals surface area contributed by atoms with E-state index in [1.807, 2.05) is 36.1 Å². The van der Waals surface area contributed by atoms with Crippen molar-refractivity contribution in [3.63, 3.8) is 0 Å². The van der Waals surface area contributed by atoms with Crippen LogP contribution in [0.1, 0.15) is 38.8 Å². The third-order valence-electron chi connectivity index (χ3n) is 5.80. The van der Waals surface area contributed by atoms with Crippen LogP contribution in [0.2, 0.25) is 0 Å². The number of nitrogens with zero attached hydrogens (tertiary/aromatic N) is 7. The van der Waals surface area contributed by atoms with Crippen molar-refractivity contribution >= 4 is 11.7 Å². The Bertz CT molecular complexity index is 1080. The Labute approximate surface area is 194 Å². The molecule has 1 fully saturated rings. The van der Waals surface area contributed by atoms with E-state index in [0.717, 1.165) is 17.1 Å². The first-order valence-corrected chi connectivity index (χ1v) is 11.2. The van der Waals surface area contributed by atoms with Crippen molar-refractivity contribution in [3.8, 4) is 11.6 Å². The number of aromatic nitrogens is 5. The zero-order valence-electron chi connectivity index (χ0n) is 19.9. The van der Waals surface area contributed by atoms with E-state index in [-0.39, 0.29) is 11.3 Å². The molecule has 1 unspecified atom stereocenters. The van der Waals surface area contributed by atoms with Crippen LogP contribution < -0.4 is 9.64 Å². The summed E-state index contributed by atoms with van der Waals surface area (Å²) in [6.07, 6.45) is 2.49. The predicted octanol–water partition coefficient (Wildman–Crippen LogP) is 2.78. The maximum Gasteiger partial charge on any atom is 0.263 e. The summed E-state index contributed by atoms with van der Waals surface area (Å²) < 4.78 is 7.72. The van der Waals surface area contributed by atoms with E-state index in [9.17, 15) is 4.79 Å². The van der Waals surface area contributed by atoms with Crippen molar-refractivity contribution in [2.24, 2.45) is 0 Å². The first-order chi connectivity index (χ1) is 15.7. The molecule has 3 aromatic rings. The number of hydrogen-bond acceptors (Lipinski definition) is 7. The summed E-state index contributed by atoms with van der Waals surface area (Å²) in [4.78, 5) is 21.0. The van der Waals surface area contributed by atoms with Gasteiger partial charge < -0.3 is 14.5 Å². The standard InChI is InChI=1S/C24H31N7O2/c1-17-6-7-20(19(14-17)24(3,4)5)33-18(2)23(32)30-12-10-29(11-13-30)21-8-9-22(28-27-21)31-16-25-15-26-31/h6-9,14-16,18H,10-13H2,1-5H3. The van der Waals surface area contributed by atoms with Crippen molar-refractivity contribution in [2.75, 3.05) is 31.1 Å². The summed E-state index contributed by atoms with van der Waals surface area (Å²) in [5, 5.41) is 12.6. The molecule has 9 heteroatoms. The highest BCUT2D eigenvalue weighted by Crippen LogP contribution is 2.33. The Morgan fingerprint density at radius 3 is 2.33 bits per heavy atom. The highest BCUT2D eigenvalue weighted by Gasteiger charge is 2.28. The molecule has 4 rings (SSSR count). The van der Waals surface area contributed by atoms with Crippen LogP contribution in [0.25, 0.3) is 5.82 Å². The molecule has 0 saturated carbocycles. The first kappa shape index (κ1) is 22.7. The number of amides is 1. The Kier molecular flexibility index (Phi) is 6.31. The van der Waals surface area contributed by atoms with Gasteiger partial charge in [0.25, 0.3) is 5.91 Å². The van der Waals surface area contributed by atoms with Crippen LogP contribution in [0.4, 0.5) is 5.82 Å². The first-order valence-electron chi connectivity index (χ1n) is 11.2. The van der Waals surface area contributed by atoms with Crippen molar-refractivity contribution in [3.05, 3.63) is 54.1 Å². The van der Waals surface area contributed by atoms with Crippen LogP contribution >= 0.6 is 0 Å². The van der Waals surface area contributed by atoms with Crippen LogP contribution in [-0.4, -0.2) is 68.1 Å². The fourth-order valence-electron chi connectivity index (χ4n) is 3.92. The second-order valence-corrected chi connectivity index (χ2v) is 9.41. The molecule has 1 aromatic carbocycles. The fraction of sp³-hybridized carbons (Fsp3) is 0.458. The smallest absolute Gasteiger partial charge is 0.263 e. The molecule has 9 nitrogen and oxygen atoms in total. The van der Waals surface area contributed by atoms with Gasteiger partial charge in [-0.15, -0.1) is 10.2 Å². The topological polar surface area (TPSA) is 89.3 Å². The lowest BCUT2D eigenvalue weighted by atomic mass is 9.85. The van der Waals surface area contributed by atoms with Crippen LogP contribution in [0.15, 0.2) is 43.0 Å². The number of piperazine rings is 1. The van der Waals surface area contributed by atoms with Gasteiger partial charge in [0.15, 0.2) is 17.7 Å². The lowest BCUT2D eigenvalue weighted by molar-refractivity contribution is -0.138. The Morgan fingerprint density at radius 2 is 1.73 bits per heavy atom. The van der Waals surface area contributed by atoms with Crippen molar-refractivity contribution in [2.45, 2.75) is 46.1 Å². The largest absolute Gasteiger partial charge is 0.481 e. The monoisotopic (exact) mass is 449 g/mol. The maximum atomic E-state index is 13.1. The minimum absolute atomic E-state index is 0.00250. The molecule has 1 saturated heterocycles. The summed E-state index contributed by atoms with van der Waals surface area (Å²) in [5.41, 5.74) is 2.22. The van der Waals surface area contributed by atoms with Gasteiger partial charge in [-0.1, -0.05) is 38.5 Å². The van der Waals surface area contributed by atoms with E-state index in [1.165, 1.54) is 11.9 Å². The average Bonchev–Trinajstić information content (AvgIpc) is 3.34. The fourth-order valence-corrected chi connectivity index (χ4v) is 3.92. The number of hydrogen-bond donors (Lipinski definition) is 0. The molecule has 1 amide bonds. The number of rotatable bonds is 5. The third-order valence-corrected chi connectivity index (χ3v) is 5.80. The number of carbonyl (C=O) groups is 1. The molecule has 0 radical (unpaired) electrons. The second kappa shape index (κ2) is 9.17. The van der Waals surface area contributed by atoms with Gasteiger partial charge in [0, 0.05) is 26.2 Å². The van der Waals surface area contributed by atoms with Crippen LogP contribution in [-0.2, 0) is 10.2 Å². The molecule has 1 aliphatic heterocycles. The molecule has 0 spiro atoms. The summed E-state index contributed by atoms with van der Waals surface area (Å²) in [5.74, 6) is 2.17. The number of anilines is 1. The van der Waals surface area contributed by atoms with E-state index in [1.54, 1.807) is 11.0 Å². The van der Waals surface area contributed by atoms with Gasteiger partial charge in [0.05, 0.1) is 0 Å². The summed E-state index contributed by atoms with van der Waals surface area (Å²) >= 11 is 0. The summed E-state index contributed by atoms with van der Waals surface area (Å²) in [6.45, 7) is 13.0. The molecular formula is C24H31N7O2. The zero-order chi connectivity index (χ0) is 23.6. The SMILES string of the molecule is Cc1ccc(OC(C)C(=O)N2CCN(c3ccc(-n4cncn4)nn3)CC2)c(C(C)(C)C)c1. The molecule has 3 heterocycles. The minimum atomic E-state index is -0.554.